The number of aromatic nitrogens is 2. The average Bonchev–Trinajstić information content (AvgIpc) is 3.33. The van der Waals surface area contributed by atoms with Crippen molar-refractivity contribution in [1.29, 1.82) is 0 Å². The van der Waals surface area contributed by atoms with Crippen LogP contribution in [0.2, 0.25) is 0 Å². The van der Waals surface area contributed by atoms with Gasteiger partial charge in [0.2, 0.25) is 0 Å². The molecule has 6 heteroatoms. The molecule has 0 bridgehead atoms. The van der Waals surface area contributed by atoms with Crippen molar-refractivity contribution < 1.29 is 14.3 Å². The van der Waals surface area contributed by atoms with Crippen LogP contribution in [0.5, 0.6) is 5.75 Å². The number of carbonyl (C=O) groups is 2. The van der Waals surface area contributed by atoms with E-state index in [1.807, 2.05) is 115 Å². The minimum Gasteiger partial charge on any atom is -0.497 e. The number of para-hydroxylation sites is 2. The number of ketones is 2. The lowest BCUT2D eigenvalue weighted by Gasteiger charge is -2.24. The van der Waals surface area contributed by atoms with Gasteiger partial charge >= 0.3 is 0 Å². The van der Waals surface area contributed by atoms with Crippen molar-refractivity contribution >= 4 is 39.1 Å². The van der Waals surface area contributed by atoms with Gasteiger partial charge in [-0.15, -0.1) is 0 Å². The molecule has 0 aliphatic heterocycles. The number of aryl methyl sites for hydroxylation is 2. The molecule has 188 valence electrons. The van der Waals surface area contributed by atoms with Crippen LogP contribution in [-0.2, 0) is 14.1 Å². The molecule has 0 radical (unpaired) electrons. The second-order valence-electron chi connectivity index (χ2n) is 9.47. The van der Waals surface area contributed by atoms with Gasteiger partial charge in [0, 0.05) is 64.1 Å². The Labute approximate surface area is 216 Å². The van der Waals surface area contributed by atoms with E-state index in [-0.39, 0.29) is 24.7 Å². The summed E-state index contributed by atoms with van der Waals surface area (Å²) in [5, 5.41) is 1.86. The molecule has 3 aromatic carbocycles. The minimum atomic E-state index is -0.0208. The number of nitrogens with zero attached hydrogens (tertiary/aromatic N) is 3. The van der Waals surface area contributed by atoms with Gasteiger partial charge in [0.1, 0.15) is 5.75 Å². The number of hydrogen-bond donors (Lipinski definition) is 0. The van der Waals surface area contributed by atoms with Crippen molar-refractivity contribution in [1.82, 2.24) is 9.13 Å². The molecule has 5 rings (SSSR count). The Morgan fingerprint density at radius 3 is 1.57 bits per heavy atom. The molecule has 0 amide bonds. The summed E-state index contributed by atoms with van der Waals surface area (Å²) in [6.07, 6.45) is 0. The van der Waals surface area contributed by atoms with E-state index >= 15 is 0 Å². The fraction of sp³-hybridized carbons (Fsp3) is 0.226. The zero-order chi connectivity index (χ0) is 26.3. The van der Waals surface area contributed by atoms with E-state index < -0.39 is 0 Å². The maximum atomic E-state index is 13.8. The van der Waals surface area contributed by atoms with E-state index in [0.29, 0.717) is 11.1 Å². The van der Waals surface area contributed by atoms with Gasteiger partial charge in [0.15, 0.2) is 11.6 Å². The number of rotatable bonds is 8. The molecule has 5 aromatic rings. The molecule has 0 unspecified atom stereocenters. The van der Waals surface area contributed by atoms with Crippen molar-refractivity contribution in [2.75, 3.05) is 25.1 Å². The number of carbonyl (C=O) groups excluding carboxylic acids is 2. The normalized spacial score (nSPS) is 11.3. The van der Waals surface area contributed by atoms with Gasteiger partial charge in [-0.25, -0.2) is 0 Å². The van der Waals surface area contributed by atoms with Crippen LogP contribution in [0.25, 0.3) is 21.8 Å². The molecule has 0 N–H and O–H groups in total. The second-order valence-corrected chi connectivity index (χ2v) is 9.47. The van der Waals surface area contributed by atoms with E-state index in [2.05, 4.69) is 0 Å². The van der Waals surface area contributed by atoms with Gasteiger partial charge in [-0.2, -0.15) is 0 Å². The molecule has 6 nitrogen and oxygen atoms in total. The van der Waals surface area contributed by atoms with Crippen LogP contribution in [0.4, 0.5) is 5.69 Å². The van der Waals surface area contributed by atoms with Crippen molar-refractivity contribution in [3.05, 3.63) is 95.3 Å². The van der Waals surface area contributed by atoms with Gasteiger partial charge in [-0.3, -0.25) is 9.59 Å². The first-order valence-electron chi connectivity index (χ1n) is 12.3. The summed E-state index contributed by atoms with van der Waals surface area (Å²) in [5.74, 6) is 0.677. The summed E-state index contributed by atoms with van der Waals surface area (Å²) in [4.78, 5) is 29.5. The molecule has 0 saturated heterocycles. The Morgan fingerprint density at radius 2 is 1.14 bits per heavy atom. The molecule has 2 aromatic heterocycles. The SMILES string of the molecule is COc1ccc(N(CC(=O)c2c(C)n(C)c3ccccc23)CC(=O)c2c(C)n(C)c3ccccc23)cc1. The molecule has 37 heavy (non-hydrogen) atoms. The third-order valence-electron chi connectivity index (χ3n) is 7.46. The number of benzene rings is 3. The van der Waals surface area contributed by atoms with Gasteiger partial charge in [-0.05, 0) is 50.2 Å². The lowest BCUT2D eigenvalue weighted by molar-refractivity contribution is 0.0985. The maximum Gasteiger partial charge on any atom is 0.184 e. The zero-order valence-electron chi connectivity index (χ0n) is 21.9. The van der Waals surface area contributed by atoms with Crippen LogP contribution in [-0.4, -0.2) is 40.9 Å². The van der Waals surface area contributed by atoms with E-state index in [1.54, 1.807) is 7.11 Å². The number of Topliss-reactive ketones (excluding diaryl/α,β-unsaturated/α-hetero) is 2. The number of fused-ring (bicyclic) bond motifs is 2. The molecule has 0 aliphatic carbocycles. The Morgan fingerprint density at radius 1 is 0.703 bits per heavy atom. The average molecular weight is 494 g/mol. The Hall–Kier alpha value is -4.32. The summed E-state index contributed by atoms with van der Waals surface area (Å²) in [5.41, 5.74) is 6.05. The summed E-state index contributed by atoms with van der Waals surface area (Å²) < 4.78 is 9.42. The Balaban J connectivity index is 1.53. The molecular weight excluding hydrogens is 462 g/mol. The van der Waals surface area contributed by atoms with Crippen molar-refractivity contribution in [3.8, 4) is 5.75 Å². The number of anilines is 1. The number of methoxy groups -OCH3 is 1. The molecule has 0 aliphatic rings. The standard InChI is InChI=1S/C31H31N3O3/c1-20-30(24-10-6-8-12-26(24)32(20)3)28(35)18-34(22-14-16-23(37-5)17-15-22)19-29(36)31-21(2)33(4)27-13-9-7-11-25(27)31/h6-17H,18-19H2,1-5H3. The van der Waals surface area contributed by atoms with Gasteiger partial charge < -0.3 is 18.8 Å². The summed E-state index contributed by atoms with van der Waals surface area (Å²) in [7, 11) is 5.57. The molecule has 0 saturated carbocycles. The number of hydrogen-bond acceptors (Lipinski definition) is 4. The lowest BCUT2D eigenvalue weighted by Crippen LogP contribution is -2.35. The van der Waals surface area contributed by atoms with E-state index in [0.717, 1.165) is 44.6 Å². The first-order chi connectivity index (χ1) is 17.8. The maximum absolute atomic E-state index is 13.8. The van der Waals surface area contributed by atoms with E-state index in [4.69, 9.17) is 4.74 Å². The third-order valence-corrected chi connectivity index (χ3v) is 7.46. The summed E-state index contributed by atoms with van der Waals surface area (Å²) >= 11 is 0. The van der Waals surface area contributed by atoms with Crippen LogP contribution in [0.3, 0.4) is 0 Å². The topological polar surface area (TPSA) is 56.5 Å². The van der Waals surface area contributed by atoms with Gasteiger partial charge in [0.05, 0.1) is 20.2 Å². The van der Waals surface area contributed by atoms with E-state index in [1.165, 1.54) is 0 Å². The van der Waals surface area contributed by atoms with Crippen LogP contribution < -0.4 is 9.64 Å². The molecule has 0 fully saturated rings. The Bertz CT molecular complexity index is 1540. The summed E-state index contributed by atoms with van der Waals surface area (Å²) in [6.45, 7) is 4.10. The van der Waals surface area contributed by atoms with Gasteiger partial charge in [0.25, 0.3) is 0 Å². The quantitative estimate of drug-likeness (QED) is 0.254. The summed E-state index contributed by atoms with van der Waals surface area (Å²) in [6, 6.07) is 23.4. The first kappa shape index (κ1) is 24.4. The molecule has 0 spiro atoms. The monoisotopic (exact) mass is 493 g/mol. The highest BCUT2D eigenvalue weighted by Gasteiger charge is 2.25. The fourth-order valence-corrected chi connectivity index (χ4v) is 5.28. The minimum absolute atomic E-state index is 0.0208. The van der Waals surface area contributed by atoms with Crippen molar-refractivity contribution in [2.24, 2.45) is 14.1 Å². The highest BCUT2D eigenvalue weighted by Crippen LogP contribution is 2.29. The highest BCUT2D eigenvalue weighted by molar-refractivity contribution is 6.13. The van der Waals surface area contributed by atoms with Gasteiger partial charge in [-0.1, -0.05) is 36.4 Å². The largest absolute Gasteiger partial charge is 0.497 e. The van der Waals surface area contributed by atoms with Crippen LogP contribution in [0, 0.1) is 13.8 Å². The molecule has 2 heterocycles. The first-order valence-corrected chi connectivity index (χ1v) is 12.3. The van der Waals surface area contributed by atoms with Crippen LogP contribution in [0.1, 0.15) is 32.1 Å². The zero-order valence-corrected chi connectivity index (χ0v) is 21.9. The number of ether oxygens (including phenoxy) is 1. The molecule has 0 atom stereocenters. The highest BCUT2D eigenvalue weighted by atomic mass is 16.5. The van der Waals surface area contributed by atoms with Crippen molar-refractivity contribution in [2.45, 2.75) is 13.8 Å². The van der Waals surface area contributed by atoms with Crippen LogP contribution in [0.15, 0.2) is 72.8 Å². The Kier molecular flexibility index (Phi) is 6.34. The molecular formula is C31H31N3O3. The second kappa shape index (κ2) is 9.62. The smallest absolute Gasteiger partial charge is 0.184 e. The fourth-order valence-electron chi connectivity index (χ4n) is 5.28. The third kappa shape index (κ3) is 4.18. The van der Waals surface area contributed by atoms with E-state index in [9.17, 15) is 9.59 Å². The van der Waals surface area contributed by atoms with Crippen molar-refractivity contribution in [3.63, 3.8) is 0 Å². The predicted molar refractivity (Wildman–Crippen MR) is 149 cm³/mol. The van der Waals surface area contributed by atoms with Crippen LogP contribution >= 0.6 is 0 Å². The lowest BCUT2D eigenvalue weighted by atomic mass is 10.0. The predicted octanol–water partition coefficient (Wildman–Crippen LogP) is 5.87.